The van der Waals surface area contributed by atoms with E-state index in [4.69, 9.17) is 16.6 Å². The second kappa shape index (κ2) is 9.47. The lowest BCUT2D eigenvalue weighted by atomic mass is 10.2. The highest BCUT2D eigenvalue weighted by Crippen LogP contribution is 2.29. The number of halogens is 1. The first-order valence-corrected chi connectivity index (χ1v) is 12.1. The Labute approximate surface area is 187 Å². The molecule has 0 aliphatic carbocycles. The van der Waals surface area contributed by atoms with Crippen molar-refractivity contribution in [1.29, 1.82) is 0 Å². The van der Waals surface area contributed by atoms with Gasteiger partial charge in [-0.2, -0.15) is 0 Å². The number of aryl methyl sites for hydroxylation is 2. The van der Waals surface area contributed by atoms with Gasteiger partial charge in [0.1, 0.15) is 4.83 Å². The lowest BCUT2D eigenvalue weighted by molar-refractivity contribution is -0.128. The fourth-order valence-electron chi connectivity index (χ4n) is 2.93. The molecule has 0 saturated carbocycles. The molecular formula is C20H22ClN3O2S3. The minimum absolute atomic E-state index is 0.0000575. The van der Waals surface area contributed by atoms with E-state index < -0.39 is 0 Å². The van der Waals surface area contributed by atoms with E-state index >= 15 is 0 Å². The standard InChI is InChI=1S/C20H22ClN3O2S3/c1-5-9-24-19(26)17-12(3)13(4)28-18(17)22-20(24)27-11-16(25)23(6-2)10-14-7-8-15(21)29-14/h5,7-8H,1,6,9-11H2,2-4H3. The van der Waals surface area contributed by atoms with Gasteiger partial charge in [0.2, 0.25) is 5.91 Å². The summed E-state index contributed by atoms with van der Waals surface area (Å²) in [7, 11) is 0. The molecule has 0 aliphatic rings. The van der Waals surface area contributed by atoms with Crippen LogP contribution in [0.25, 0.3) is 10.2 Å². The first-order chi connectivity index (χ1) is 13.8. The summed E-state index contributed by atoms with van der Waals surface area (Å²) in [6.07, 6.45) is 1.67. The van der Waals surface area contributed by atoms with E-state index in [9.17, 15) is 9.59 Å². The molecule has 3 rings (SSSR count). The number of hydrogen-bond acceptors (Lipinski definition) is 6. The van der Waals surface area contributed by atoms with Crippen LogP contribution < -0.4 is 5.56 Å². The summed E-state index contributed by atoms with van der Waals surface area (Å²) in [6, 6.07) is 3.78. The predicted molar refractivity (Wildman–Crippen MR) is 125 cm³/mol. The fourth-order valence-corrected chi connectivity index (χ4v) is 6.01. The number of fused-ring (bicyclic) bond motifs is 1. The lowest BCUT2D eigenvalue weighted by Gasteiger charge is -2.20. The Bertz CT molecular complexity index is 1120. The van der Waals surface area contributed by atoms with E-state index in [1.54, 1.807) is 15.5 Å². The number of amides is 1. The zero-order chi connectivity index (χ0) is 21.1. The topological polar surface area (TPSA) is 55.2 Å². The number of carbonyl (C=O) groups is 1. The molecule has 9 heteroatoms. The lowest BCUT2D eigenvalue weighted by Crippen LogP contribution is -2.32. The van der Waals surface area contributed by atoms with Crippen molar-refractivity contribution in [1.82, 2.24) is 14.5 Å². The molecule has 29 heavy (non-hydrogen) atoms. The molecule has 0 saturated heterocycles. The molecule has 0 unspecified atom stereocenters. The van der Waals surface area contributed by atoms with Gasteiger partial charge in [-0.05, 0) is 38.5 Å². The first kappa shape index (κ1) is 22.1. The quantitative estimate of drug-likeness (QED) is 0.262. The van der Waals surface area contributed by atoms with Crippen LogP contribution in [-0.2, 0) is 17.9 Å². The van der Waals surface area contributed by atoms with Crippen LogP contribution >= 0.6 is 46.0 Å². The van der Waals surface area contributed by atoms with Crippen molar-refractivity contribution in [2.24, 2.45) is 0 Å². The van der Waals surface area contributed by atoms with Crippen LogP contribution in [0.4, 0.5) is 0 Å². The third-order valence-corrected chi connectivity index (χ3v) is 7.88. The van der Waals surface area contributed by atoms with Gasteiger partial charge in [0, 0.05) is 22.8 Å². The zero-order valence-electron chi connectivity index (χ0n) is 16.5. The van der Waals surface area contributed by atoms with Crippen LogP contribution in [-0.4, -0.2) is 32.7 Å². The Morgan fingerprint density at radius 2 is 2.14 bits per heavy atom. The molecule has 5 nitrogen and oxygen atoms in total. The number of hydrogen-bond donors (Lipinski definition) is 0. The van der Waals surface area contributed by atoms with Crippen molar-refractivity contribution in [2.45, 2.75) is 39.0 Å². The van der Waals surface area contributed by atoms with E-state index in [0.29, 0.717) is 34.5 Å². The van der Waals surface area contributed by atoms with Crippen molar-refractivity contribution in [3.8, 4) is 0 Å². The van der Waals surface area contributed by atoms with Gasteiger partial charge in [-0.3, -0.25) is 14.2 Å². The number of thioether (sulfide) groups is 1. The second-order valence-corrected chi connectivity index (χ2v) is 10.4. The van der Waals surface area contributed by atoms with Crippen molar-refractivity contribution in [3.63, 3.8) is 0 Å². The summed E-state index contributed by atoms with van der Waals surface area (Å²) < 4.78 is 2.31. The molecule has 0 aromatic carbocycles. The molecule has 0 bridgehead atoms. The van der Waals surface area contributed by atoms with Crippen LogP contribution in [0.1, 0.15) is 22.2 Å². The number of thiophene rings is 2. The number of aromatic nitrogens is 2. The van der Waals surface area contributed by atoms with E-state index in [-0.39, 0.29) is 17.2 Å². The Kier molecular flexibility index (Phi) is 7.21. The number of carbonyl (C=O) groups excluding carboxylic acids is 1. The third-order valence-electron chi connectivity index (χ3n) is 4.60. The molecule has 154 valence electrons. The maximum absolute atomic E-state index is 13.0. The van der Waals surface area contributed by atoms with E-state index in [1.165, 1.54) is 34.4 Å². The smallest absolute Gasteiger partial charge is 0.263 e. The van der Waals surface area contributed by atoms with Crippen LogP contribution in [0.15, 0.2) is 34.7 Å². The summed E-state index contributed by atoms with van der Waals surface area (Å²) in [5.74, 6) is 0.214. The molecule has 3 aromatic rings. The Morgan fingerprint density at radius 1 is 1.38 bits per heavy atom. The van der Waals surface area contributed by atoms with E-state index in [0.717, 1.165) is 20.1 Å². The minimum Gasteiger partial charge on any atom is -0.337 e. The summed E-state index contributed by atoms with van der Waals surface area (Å²) in [5.41, 5.74) is 0.895. The molecule has 0 radical (unpaired) electrons. The molecule has 3 aromatic heterocycles. The van der Waals surface area contributed by atoms with Crippen molar-refractivity contribution >= 4 is 62.2 Å². The van der Waals surface area contributed by atoms with Gasteiger partial charge < -0.3 is 4.90 Å². The Hall–Kier alpha value is -1.61. The van der Waals surface area contributed by atoms with Gasteiger partial charge in [0.25, 0.3) is 5.56 Å². The summed E-state index contributed by atoms with van der Waals surface area (Å²) in [5, 5.41) is 1.21. The summed E-state index contributed by atoms with van der Waals surface area (Å²) in [4.78, 5) is 35.1. The number of nitrogens with zero attached hydrogens (tertiary/aromatic N) is 3. The maximum Gasteiger partial charge on any atom is 0.263 e. The second-order valence-electron chi connectivity index (χ2n) is 6.46. The largest absolute Gasteiger partial charge is 0.337 e. The van der Waals surface area contributed by atoms with Gasteiger partial charge in [-0.1, -0.05) is 29.4 Å². The Morgan fingerprint density at radius 3 is 2.76 bits per heavy atom. The SMILES string of the molecule is C=CCn1c(SCC(=O)N(CC)Cc2ccc(Cl)s2)nc2sc(C)c(C)c2c1=O. The first-order valence-electron chi connectivity index (χ1n) is 9.11. The van der Waals surface area contributed by atoms with E-state index in [2.05, 4.69) is 6.58 Å². The van der Waals surface area contributed by atoms with Gasteiger partial charge in [-0.25, -0.2) is 4.98 Å². The maximum atomic E-state index is 13.0. The highest BCUT2D eigenvalue weighted by molar-refractivity contribution is 7.99. The number of allylic oxidation sites excluding steroid dienone is 1. The average Bonchev–Trinajstić information content (AvgIpc) is 3.23. The van der Waals surface area contributed by atoms with Gasteiger partial charge in [0.15, 0.2) is 5.16 Å². The van der Waals surface area contributed by atoms with Crippen LogP contribution in [0, 0.1) is 13.8 Å². The van der Waals surface area contributed by atoms with Crippen LogP contribution in [0.2, 0.25) is 4.34 Å². The predicted octanol–water partition coefficient (Wildman–Crippen LogP) is 5.12. The average molecular weight is 468 g/mol. The third kappa shape index (κ3) is 4.77. The summed E-state index contributed by atoms with van der Waals surface area (Å²) >= 11 is 10.3. The van der Waals surface area contributed by atoms with Gasteiger partial charge in [0.05, 0.1) is 22.0 Å². The highest BCUT2D eigenvalue weighted by Gasteiger charge is 2.19. The minimum atomic E-state index is -0.0766. The normalized spacial score (nSPS) is 11.2. The summed E-state index contributed by atoms with van der Waals surface area (Å²) in [6.45, 7) is 11.1. The van der Waals surface area contributed by atoms with Gasteiger partial charge in [-0.15, -0.1) is 29.3 Å². The monoisotopic (exact) mass is 467 g/mol. The van der Waals surface area contributed by atoms with Crippen molar-refractivity contribution < 1.29 is 4.79 Å². The molecule has 3 heterocycles. The van der Waals surface area contributed by atoms with Gasteiger partial charge >= 0.3 is 0 Å². The molecular weight excluding hydrogens is 446 g/mol. The highest BCUT2D eigenvalue weighted by atomic mass is 35.5. The van der Waals surface area contributed by atoms with Crippen molar-refractivity contribution in [3.05, 3.63) is 54.8 Å². The molecule has 0 fully saturated rings. The molecule has 0 aliphatic heterocycles. The van der Waals surface area contributed by atoms with Crippen LogP contribution in [0.5, 0.6) is 0 Å². The van der Waals surface area contributed by atoms with E-state index in [1.807, 2.05) is 32.9 Å². The molecule has 0 N–H and O–H groups in total. The molecule has 0 spiro atoms. The van der Waals surface area contributed by atoms with Crippen molar-refractivity contribution in [2.75, 3.05) is 12.3 Å². The number of rotatable bonds is 8. The molecule has 0 atom stereocenters. The fraction of sp³-hybridized carbons (Fsp3) is 0.350. The molecule has 1 amide bonds. The Balaban J connectivity index is 1.83. The zero-order valence-corrected chi connectivity index (χ0v) is 19.7. The van der Waals surface area contributed by atoms with Crippen LogP contribution in [0.3, 0.4) is 0 Å².